The Morgan fingerprint density at radius 2 is 1.75 bits per heavy atom. The first kappa shape index (κ1) is 14.4. The quantitative estimate of drug-likeness (QED) is 0.901. The van der Waals surface area contributed by atoms with E-state index in [1.54, 1.807) is 0 Å². The average molecular weight is 341 g/mol. The zero-order valence-corrected chi connectivity index (χ0v) is 11.6. The van der Waals surface area contributed by atoms with Crippen molar-refractivity contribution in [3.63, 3.8) is 0 Å². The van der Waals surface area contributed by atoms with E-state index in [0.717, 1.165) is 18.2 Å². The largest absolute Gasteiger partial charge is 0.378 e. The molecule has 0 bridgehead atoms. The van der Waals surface area contributed by atoms with E-state index >= 15 is 0 Å². The van der Waals surface area contributed by atoms with Crippen LogP contribution in [0, 0.1) is 28.8 Å². The number of halogens is 4. The van der Waals surface area contributed by atoms with Crippen molar-refractivity contribution in [3.8, 4) is 6.07 Å². The van der Waals surface area contributed by atoms with Gasteiger partial charge in [-0.25, -0.2) is 13.2 Å². The number of nitrogens with zero attached hydrogens (tertiary/aromatic N) is 1. The number of hydrogen-bond acceptors (Lipinski definition) is 2. The van der Waals surface area contributed by atoms with Crippen molar-refractivity contribution in [1.29, 1.82) is 5.26 Å². The molecular weight excluding hydrogens is 333 g/mol. The molecule has 0 unspecified atom stereocenters. The van der Waals surface area contributed by atoms with Crippen LogP contribution in [0.3, 0.4) is 0 Å². The molecule has 0 atom stereocenters. The van der Waals surface area contributed by atoms with Crippen LogP contribution < -0.4 is 5.32 Å². The highest BCUT2D eigenvalue weighted by Gasteiger charge is 2.09. The molecule has 0 aliphatic rings. The molecule has 0 aliphatic heterocycles. The van der Waals surface area contributed by atoms with Gasteiger partial charge in [-0.1, -0.05) is 0 Å². The SMILES string of the molecule is N#Cc1cc(F)cc(CNc2c(F)cc(F)cc2Br)c1. The normalized spacial score (nSPS) is 10.2. The third-order valence-corrected chi connectivity index (χ3v) is 3.19. The predicted octanol–water partition coefficient (Wildman–Crippen LogP) is 4.35. The molecule has 6 heteroatoms. The fraction of sp³-hybridized carbons (Fsp3) is 0.0714. The summed E-state index contributed by atoms with van der Waals surface area (Å²) in [5.41, 5.74) is 0.742. The number of nitriles is 1. The van der Waals surface area contributed by atoms with Gasteiger partial charge in [-0.2, -0.15) is 5.26 Å². The molecule has 2 aromatic rings. The van der Waals surface area contributed by atoms with Crippen LogP contribution in [0.2, 0.25) is 0 Å². The Balaban J connectivity index is 2.21. The van der Waals surface area contributed by atoms with Gasteiger partial charge in [0.1, 0.15) is 17.5 Å². The lowest BCUT2D eigenvalue weighted by atomic mass is 10.1. The maximum Gasteiger partial charge on any atom is 0.150 e. The summed E-state index contributed by atoms with van der Waals surface area (Å²) in [5, 5.41) is 11.5. The van der Waals surface area contributed by atoms with Crippen molar-refractivity contribution in [2.24, 2.45) is 0 Å². The second-order valence-electron chi connectivity index (χ2n) is 4.06. The maximum absolute atomic E-state index is 13.6. The number of benzene rings is 2. The van der Waals surface area contributed by atoms with Gasteiger partial charge in [-0.05, 0) is 45.8 Å². The Morgan fingerprint density at radius 3 is 2.40 bits per heavy atom. The van der Waals surface area contributed by atoms with Crippen LogP contribution in [0.15, 0.2) is 34.8 Å². The number of nitrogens with one attached hydrogen (secondary N) is 1. The molecule has 0 aromatic heterocycles. The monoisotopic (exact) mass is 340 g/mol. The molecule has 0 radical (unpaired) electrons. The van der Waals surface area contributed by atoms with Crippen LogP contribution >= 0.6 is 15.9 Å². The van der Waals surface area contributed by atoms with Crippen molar-refractivity contribution in [2.75, 3.05) is 5.32 Å². The highest BCUT2D eigenvalue weighted by molar-refractivity contribution is 9.10. The van der Waals surface area contributed by atoms with Crippen molar-refractivity contribution in [3.05, 3.63) is 63.4 Å². The van der Waals surface area contributed by atoms with Crippen LogP contribution in [0.1, 0.15) is 11.1 Å². The zero-order valence-electron chi connectivity index (χ0n) is 10.1. The first-order chi connectivity index (χ1) is 9.49. The van der Waals surface area contributed by atoms with Gasteiger partial charge in [0, 0.05) is 17.1 Å². The van der Waals surface area contributed by atoms with Gasteiger partial charge in [0.15, 0.2) is 0 Å². The molecule has 2 nitrogen and oxygen atoms in total. The van der Waals surface area contributed by atoms with Crippen LogP contribution in [0.25, 0.3) is 0 Å². The topological polar surface area (TPSA) is 35.8 Å². The summed E-state index contributed by atoms with van der Waals surface area (Å²) in [5.74, 6) is -1.99. The molecule has 0 amide bonds. The number of rotatable bonds is 3. The molecular formula is C14H8BrF3N2. The van der Waals surface area contributed by atoms with E-state index in [9.17, 15) is 13.2 Å². The molecule has 0 aliphatic carbocycles. The third-order valence-electron chi connectivity index (χ3n) is 2.56. The molecule has 0 fully saturated rings. The summed E-state index contributed by atoms with van der Waals surface area (Å²) < 4.78 is 40.0. The molecule has 20 heavy (non-hydrogen) atoms. The van der Waals surface area contributed by atoms with Crippen LogP contribution in [-0.2, 0) is 6.54 Å². The van der Waals surface area contributed by atoms with Crippen LogP contribution in [0.5, 0.6) is 0 Å². The molecule has 0 saturated carbocycles. The number of anilines is 1. The minimum absolute atomic E-state index is 0.0779. The van der Waals surface area contributed by atoms with Crippen molar-refractivity contribution in [1.82, 2.24) is 0 Å². The molecule has 0 spiro atoms. The second-order valence-corrected chi connectivity index (χ2v) is 4.91. The van der Waals surface area contributed by atoms with Gasteiger partial charge in [-0.3, -0.25) is 0 Å². The molecule has 1 N–H and O–H groups in total. The average Bonchev–Trinajstić information content (AvgIpc) is 2.36. The smallest absolute Gasteiger partial charge is 0.150 e. The Morgan fingerprint density at radius 1 is 1.05 bits per heavy atom. The van der Waals surface area contributed by atoms with Gasteiger partial charge < -0.3 is 5.32 Å². The van der Waals surface area contributed by atoms with Crippen LogP contribution in [0.4, 0.5) is 18.9 Å². The maximum atomic E-state index is 13.6. The highest BCUT2D eigenvalue weighted by Crippen LogP contribution is 2.27. The highest BCUT2D eigenvalue weighted by atomic mass is 79.9. The fourth-order valence-corrected chi connectivity index (χ4v) is 2.27. The fourth-order valence-electron chi connectivity index (χ4n) is 1.72. The Bertz CT molecular complexity index is 672. The van der Waals surface area contributed by atoms with E-state index in [1.807, 2.05) is 6.07 Å². The van der Waals surface area contributed by atoms with E-state index in [1.165, 1.54) is 12.1 Å². The van der Waals surface area contributed by atoms with Crippen molar-refractivity contribution < 1.29 is 13.2 Å². The van der Waals surface area contributed by atoms with E-state index in [2.05, 4.69) is 21.2 Å². The second kappa shape index (κ2) is 5.97. The summed E-state index contributed by atoms with van der Waals surface area (Å²) >= 11 is 3.05. The minimum atomic E-state index is -0.756. The first-order valence-electron chi connectivity index (χ1n) is 5.57. The standard InChI is InChI=1S/C14H8BrF3N2/c15-12-4-11(17)5-13(18)14(12)20-7-9-1-8(6-19)2-10(16)3-9/h1-5,20H,7H2. The summed E-state index contributed by atoms with van der Waals surface area (Å²) in [6, 6.07) is 7.55. The Labute approximate surface area is 122 Å². The van der Waals surface area contributed by atoms with E-state index in [0.29, 0.717) is 5.56 Å². The lowest BCUT2D eigenvalue weighted by molar-refractivity contribution is 0.583. The van der Waals surface area contributed by atoms with E-state index in [4.69, 9.17) is 5.26 Å². The van der Waals surface area contributed by atoms with Crippen molar-refractivity contribution >= 4 is 21.6 Å². The van der Waals surface area contributed by atoms with Crippen LogP contribution in [-0.4, -0.2) is 0 Å². The lowest BCUT2D eigenvalue weighted by Crippen LogP contribution is -2.03. The van der Waals surface area contributed by atoms with Crippen molar-refractivity contribution in [2.45, 2.75) is 6.54 Å². The predicted molar refractivity (Wildman–Crippen MR) is 72.5 cm³/mol. The molecule has 0 heterocycles. The molecule has 2 aromatic carbocycles. The zero-order chi connectivity index (χ0) is 14.7. The summed E-state index contributed by atoms with van der Waals surface area (Å²) in [6.45, 7) is 0.105. The van der Waals surface area contributed by atoms with Gasteiger partial charge >= 0.3 is 0 Å². The molecule has 0 saturated heterocycles. The van der Waals surface area contributed by atoms with Gasteiger partial charge in [-0.15, -0.1) is 0 Å². The summed E-state index contributed by atoms with van der Waals surface area (Å²) in [4.78, 5) is 0. The molecule has 2 rings (SSSR count). The third kappa shape index (κ3) is 3.31. The van der Waals surface area contributed by atoms with Gasteiger partial charge in [0.2, 0.25) is 0 Å². The van der Waals surface area contributed by atoms with E-state index in [-0.39, 0.29) is 22.3 Å². The summed E-state index contributed by atoms with van der Waals surface area (Å²) in [6.07, 6.45) is 0. The summed E-state index contributed by atoms with van der Waals surface area (Å²) in [7, 11) is 0. The molecule has 102 valence electrons. The number of hydrogen-bond donors (Lipinski definition) is 1. The first-order valence-corrected chi connectivity index (χ1v) is 6.37. The van der Waals surface area contributed by atoms with Gasteiger partial charge in [0.25, 0.3) is 0 Å². The Kier molecular flexibility index (Phi) is 4.30. The Hall–Kier alpha value is -2.00. The van der Waals surface area contributed by atoms with Gasteiger partial charge in [0.05, 0.1) is 17.3 Å². The van der Waals surface area contributed by atoms with E-state index < -0.39 is 17.5 Å². The minimum Gasteiger partial charge on any atom is -0.378 e. The lowest BCUT2D eigenvalue weighted by Gasteiger charge is -2.10.